The minimum Gasteiger partial charge on any atom is -0.445 e. The lowest BCUT2D eigenvalue weighted by Crippen LogP contribution is -2.47. The number of benzene rings is 1. The Bertz CT molecular complexity index is 1670. The maximum absolute atomic E-state index is 13.7. The number of hydrogen-bond donors (Lipinski definition) is 3. The molecule has 0 saturated carbocycles. The van der Waals surface area contributed by atoms with Crippen LogP contribution in [0.4, 0.5) is 9.59 Å². The zero-order valence-electron chi connectivity index (χ0n) is 37.2. The second-order valence-corrected chi connectivity index (χ2v) is 17.3. The van der Waals surface area contributed by atoms with Crippen LogP contribution in [0.1, 0.15) is 124 Å². The van der Waals surface area contributed by atoms with Crippen LogP contribution >= 0.6 is 0 Å². The highest BCUT2D eigenvalue weighted by molar-refractivity contribution is 6.03. The van der Waals surface area contributed by atoms with Gasteiger partial charge in [0.1, 0.15) is 18.2 Å². The summed E-state index contributed by atoms with van der Waals surface area (Å²) in [5.41, 5.74) is 6.50. The van der Waals surface area contributed by atoms with Gasteiger partial charge in [-0.1, -0.05) is 79.2 Å². The lowest BCUT2D eigenvalue weighted by molar-refractivity contribution is -0.139. The van der Waals surface area contributed by atoms with Gasteiger partial charge in [-0.3, -0.25) is 38.5 Å². The van der Waals surface area contributed by atoms with Crippen LogP contribution in [-0.4, -0.2) is 95.0 Å². The van der Waals surface area contributed by atoms with Crippen LogP contribution in [0.2, 0.25) is 0 Å². The van der Waals surface area contributed by atoms with Gasteiger partial charge in [0.25, 0.3) is 0 Å². The molecule has 1 aliphatic heterocycles. The van der Waals surface area contributed by atoms with Gasteiger partial charge in [-0.25, -0.2) is 9.59 Å². The molecule has 1 fully saturated rings. The van der Waals surface area contributed by atoms with Crippen molar-refractivity contribution in [2.24, 2.45) is 41.2 Å². The van der Waals surface area contributed by atoms with Crippen molar-refractivity contribution in [3.8, 4) is 0 Å². The van der Waals surface area contributed by atoms with Gasteiger partial charge < -0.3 is 26.0 Å². The Morgan fingerprint density at radius 1 is 0.833 bits per heavy atom. The molecule has 60 heavy (non-hydrogen) atoms. The van der Waals surface area contributed by atoms with Crippen molar-refractivity contribution in [2.75, 3.05) is 20.1 Å². The van der Waals surface area contributed by atoms with Crippen LogP contribution in [0.25, 0.3) is 0 Å². The van der Waals surface area contributed by atoms with E-state index >= 15 is 0 Å². The number of unbranched alkanes of at least 4 members (excludes halogenated alkanes) is 2. The number of nitrogens with two attached hydrogens (primary N) is 1. The van der Waals surface area contributed by atoms with E-state index in [4.69, 9.17) is 10.5 Å². The predicted octanol–water partition coefficient (Wildman–Crippen LogP) is 5.33. The second-order valence-electron chi connectivity index (χ2n) is 17.3. The second kappa shape index (κ2) is 25.0. The summed E-state index contributed by atoms with van der Waals surface area (Å²) in [6, 6.07) is 4.52. The Balaban J connectivity index is 2.01. The van der Waals surface area contributed by atoms with Crippen LogP contribution in [0.3, 0.4) is 0 Å². The fourth-order valence-corrected chi connectivity index (χ4v) is 7.60. The molecule has 1 unspecified atom stereocenters. The molecule has 1 aromatic rings. The Labute approximate surface area is 355 Å². The van der Waals surface area contributed by atoms with Crippen LogP contribution in [0.15, 0.2) is 24.3 Å². The first-order valence-electron chi connectivity index (χ1n) is 21.4. The first kappa shape index (κ1) is 51.2. The number of rotatable bonds is 27. The van der Waals surface area contributed by atoms with Gasteiger partial charge >= 0.3 is 12.1 Å². The Kier molecular flexibility index (Phi) is 21.3. The molecule has 1 aliphatic rings. The Hall–Kier alpha value is -4.95. The number of hydrogen-bond acceptors (Lipinski definition) is 10. The SMILES string of the molecule is CC(=O)[C@@H](CC(=O)[C@H](C(C)C)N(C)C(=O)OCc1ccc(CC(=O)[C@H](CCCNC(N)=O)NC(=O)[C@@H](CC(=O)CCCCCN2C(=O)CC(C)C2=O)C(C)C)cc1)C(C)C. The lowest BCUT2D eigenvalue weighted by Gasteiger charge is -2.31. The molecule has 4 N–H and O–H groups in total. The average molecular weight is 840 g/mol. The zero-order chi connectivity index (χ0) is 45.3. The number of primary amides is 1. The quantitative estimate of drug-likeness (QED) is 0.0764. The van der Waals surface area contributed by atoms with Crippen molar-refractivity contribution in [1.82, 2.24) is 20.4 Å². The highest BCUT2D eigenvalue weighted by atomic mass is 16.6. The normalized spacial score (nSPS) is 16.1. The molecule has 0 aliphatic carbocycles. The van der Waals surface area contributed by atoms with Crippen LogP contribution in [0, 0.1) is 35.5 Å². The van der Waals surface area contributed by atoms with Gasteiger partial charge in [-0.05, 0) is 61.5 Å². The highest BCUT2D eigenvalue weighted by Crippen LogP contribution is 2.24. The molecule has 6 amide bonds. The van der Waals surface area contributed by atoms with Crippen molar-refractivity contribution in [1.29, 1.82) is 0 Å². The third-order valence-corrected chi connectivity index (χ3v) is 11.2. The molecule has 1 saturated heterocycles. The number of Topliss-reactive ketones (excluding diaryl/α,β-unsaturated/α-hetero) is 4. The van der Waals surface area contributed by atoms with Crippen molar-refractivity contribution in [3.05, 3.63) is 35.4 Å². The van der Waals surface area contributed by atoms with Crippen molar-refractivity contribution in [3.63, 3.8) is 0 Å². The van der Waals surface area contributed by atoms with Gasteiger partial charge in [0.15, 0.2) is 11.6 Å². The third kappa shape index (κ3) is 16.6. The van der Waals surface area contributed by atoms with E-state index in [0.717, 1.165) is 0 Å². The minimum absolute atomic E-state index is 0.00296. The Morgan fingerprint density at radius 2 is 1.45 bits per heavy atom. The molecule has 334 valence electrons. The van der Waals surface area contributed by atoms with E-state index in [1.807, 2.05) is 41.5 Å². The third-order valence-electron chi connectivity index (χ3n) is 11.2. The van der Waals surface area contributed by atoms with E-state index in [1.165, 1.54) is 23.8 Å². The average Bonchev–Trinajstić information content (AvgIpc) is 3.41. The molecule has 0 aromatic heterocycles. The van der Waals surface area contributed by atoms with Crippen LogP contribution in [-0.2, 0) is 51.3 Å². The standard InChI is InChI=1S/C45H69N5O10/c1-27(2)35(31(8)51)25-39(54)41(29(5)6)49(9)45(59)60-26-33-18-16-32(17-19-33)23-38(53)37(15-13-20-47-44(46)58)48-42(56)36(28(3)4)24-34(52)14-11-10-12-21-50-40(55)22-30(7)43(50)57/h16-19,27-30,35-37,41H,10-15,20-26H2,1-9H3,(H,48,56)(H3,46,47,58)/t30?,35-,36-,37-,41-/m0/s1. The van der Waals surface area contributed by atoms with Crippen molar-refractivity contribution >= 4 is 53.0 Å². The first-order valence-corrected chi connectivity index (χ1v) is 21.4. The van der Waals surface area contributed by atoms with Gasteiger partial charge in [0, 0.05) is 70.0 Å². The molecule has 1 heterocycles. The molecule has 5 atom stereocenters. The molecule has 0 spiro atoms. The number of likely N-dealkylation sites (tertiary alicyclic amines) is 1. The predicted molar refractivity (Wildman–Crippen MR) is 226 cm³/mol. The number of likely N-dealkylation sites (N-methyl/N-ethyl adjacent to an activating group) is 1. The number of ether oxygens (including phenoxy) is 1. The monoisotopic (exact) mass is 840 g/mol. The summed E-state index contributed by atoms with van der Waals surface area (Å²) < 4.78 is 5.54. The van der Waals surface area contributed by atoms with E-state index in [9.17, 15) is 43.2 Å². The number of carbonyl (C=O) groups is 9. The molecule has 0 bridgehead atoms. The number of carbonyl (C=O) groups excluding carboxylic acids is 9. The summed E-state index contributed by atoms with van der Waals surface area (Å²) in [5.74, 6) is -3.19. The molecular formula is C45H69N5O10. The number of urea groups is 1. The molecule has 15 heteroatoms. The summed E-state index contributed by atoms with van der Waals surface area (Å²) >= 11 is 0. The summed E-state index contributed by atoms with van der Waals surface area (Å²) in [5, 5.41) is 5.37. The lowest BCUT2D eigenvalue weighted by atomic mass is 9.84. The summed E-state index contributed by atoms with van der Waals surface area (Å²) in [6.07, 6.45) is 2.21. The fourth-order valence-electron chi connectivity index (χ4n) is 7.60. The molecule has 15 nitrogen and oxygen atoms in total. The smallest absolute Gasteiger partial charge is 0.410 e. The number of imide groups is 1. The van der Waals surface area contributed by atoms with E-state index in [2.05, 4.69) is 10.6 Å². The molecule has 1 aromatic carbocycles. The van der Waals surface area contributed by atoms with Gasteiger partial charge in [-0.15, -0.1) is 0 Å². The molecule has 0 radical (unpaired) electrons. The van der Waals surface area contributed by atoms with Crippen LogP contribution < -0.4 is 16.4 Å². The number of nitrogens with one attached hydrogen (secondary N) is 2. The van der Waals surface area contributed by atoms with Crippen molar-refractivity contribution < 1.29 is 47.9 Å². The number of ketones is 4. The minimum atomic E-state index is -0.902. The van der Waals surface area contributed by atoms with Gasteiger partial charge in [0.05, 0.1) is 12.1 Å². The van der Waals surface area contributed by atoms with Crippen molar-refractivity contribution in [2.45, 2.75) is 138 Å². The molecular weight excluding hydrogens is 771 g/mol. The fraction of sp³-hybridized carbons (Fsp3) is 0.667. The summed E-state index contributed by atoms with van der Waals surface area (Å²) in [4.78, 5) is 117. The summed E-state index contributed by atoms with van der Waals surface area (Å²) in [7, 11) is 1.51. The van der Waals surface area contributed by atoms with Crippen LogP contribution in [0.5, 0.6) is 0 Å². The Morgan fingerprint density at radius 3 is 1.98 bits per heavy atom. The van der Waals surface area contributed by atoms with E-state index in [1.54, 1.807) is 31.2 Å². The van der Waals surface area contributed by atoms with Gasteiger partial charge in [0.2, 0.25) is 17.7 Å². The first-order chi connectivity index (χ1) is 28.1. The maximum atomic E-state index is 13.7. The summed E-state index contributed by atoms with van der Waals surface area (Å²) in [6.45, 7) is 14.8. The molecule has 2 rings (SSSR count). The maximum Gasteiger partial charge on any atom is 0.410 e. The van der Waals surface area contributed by atoms with Gasteiger partial charge in [-0.2, -0.15) is 0 Å². The highest BCUT2D eigenvalue weighted by Gasteiger charge is 2.36. The zero-order valence-corrected chi connectivity index (χ0v) is 37.2. The largest absolute Gasteiger partial charge is 0.445 e. The number of amides is 6. The van der Waals surface area contributed by atoms with E-state index < -0.39 is 42.0 Å². The topological polar surface area (TPSA) is 219 Å². The van der Waals surface area contributed by atoms with E-state index in [0.29, 0.717) is 43.4 Å². The van der Waals surface area contributed by atoms with E-state index in [-0.39, 0.29) is 110 Å². The number of nitrogens with zero attached hydrogens (tertiary/aromatic N) is 2.